The van der Waals surface area contributed by atoms with Crippen LogP contribution < -0.4 is 5.73 Å². The van der Waals surface area contributed by atoms with Gasteiger partial charge in [0, 0.05) is 4.47 Å². The lowest BCUT2D eigenvalue weighted by Crippen LogP contribution is -2.52. The van der Waals surface area contributed by atoms with Crippen molar-refractivity contribution in [1.29, 1.82) is 0 Å². The first-order chi connectivity index (χ1) is 14.7. The summed E-state index contributed by atoms with van der Waals surface area (Å²) in [4.78, 5) is 13.7. The third kappa shape index (κ3) is 3.72. The number of carbonyl (C=O) groups is 1. The standard InChI is InChI=1S/C20H14BrF7N2O2/c21-14-2-1-12(22)8-13(14)15-3-4-18(29)16(32-17(31)30(15)18)9-5-10(19(23,24)25)7-11(6-9)20(26,27)28/h1-2,5-8,15-16H,3-4,29H2/t15-,16+,18-/m0/s1. The van der Waals surface area contributed by atoms with E-state index in [4.69, 9.17) is 10.5 Å². The molecule has 0 radical (unpaired) electrons. The smallest absolute Gasteiger partial charge is 0.416 e. The zero-order valence-electron chi connectivity index (χ0n) is 15.9. The number of alkyl halides is 6. The van der Waals surface area contributed by atoms with Crippen LogP contribution >= 0.6 is 15.9 Å². The van der Waals surface area contributed by atoms with Crippen LogP contribution in [-0.4, -0.2) is 16.7 Å². The van der Waals surface area contributed by atoms with Crippen molar-refractivity contribution in [2.75, 3.05) is 0 Å². The minimum Gasteiger partial charge on any atom is -0.437 e. The lowest BCUT2D eigenvalue weighted by atomic mass is 9.92. The van der Waals surface area contributed by atoms with Crippen LogP contribution in [0.4, 0.5) is 35.5 Å². The van der Waals surface area contributed by atoms with Crippen LogP contribution in [0, 0.1) is 5.82 Å². The van der Waals surface area contributed by atoms with Gasteiger partial charge in [0.1, 0.15) is 11.5 Å². The number of nitrogens with two attached hydrogens (primary N) is 1. The Bertz CT molecular complexity index is 1060. The number of amides is 1. The number of cyclic esters (lactones) is 1. The second-order valence-electron chi connectivity index (χ2n) is 7.68. The Hall–Kier alpha value is -2.34. The molecule has 4 nitrogen and oxygen atoms in total. The third-order valence-corrected chi connectivity index (χ3v) is 6.40. The number of carbonyl (C=O) groups excluding carboxylic acids is 1. The first-order valence-electron chi connectivity index (χ1n) is 9.25. The van der Waals surface area contributed by atoms with Gasteiger partial charge < -0.3 is 10.5 Å². The summed E-state index contributed by atoms with van der Waals surface area (Å²) >= 11 is 3.26. The summed E-state index contributed by atoms with van der Waals surface area (Å²) in [5.74, 6) is -0.588. The molecule has 2 aromatic carbocycles. The van der Waals surface area contributed by atoms with Gasteiger partial charge in [0.2, 0.25) is 0 Å². The maximum Gasteiger partial charge on any atom is 0.416 e. The molecular weight excluding hydrogens is 513 g/mol. The van der Waals surface area contributed by atoms with Crippen molar-refractivity contribution in [3.63, 3.8) is 0 Å². The quantitative estimate of drug-likeness (QED) is 0.466. The van der Waals surface area contributed by atoms with Crippen LogP contribution in [0.25, 0.3) is 0 Å². The highest BCUT2D eigenvalue weighted by Gasteiger charge is 2.60. The lowest BCUT2D eigenvalue weighted by Gasteiger charge is -2.32. The van der Waals surface area contributed by atoms with E-state index in [-0.39, 0.29) is 18.9 Å². The molecular formula is C20H14BrF7N2O2. The van der Waals surface area contributed by atoms with E-state index in [9.17, 15) is 35.5 Å². The maximum atomic E-state index is 13.8. The van der Waals surface area contributed by atoms with Gasteiger partial charge in [-0.3, -0.25) is 4.90 Å². The Kier molecular flexibility index (Phi) is 5.24. The summed E-state index contributed by atoms with van der Waals surface area (Å²) in [7, 11) is 0. The van der Waals surface area contributed by atoms with Crippen LogP contribution in [0.1, 0.15) is 47.2 Å². The summed E-state index contributed by atoms with van der Waals surface area (Å²) in [6.07, 6.45) is -12.5. The molecule has 12 heteroatoms. The topological polar surface area (TPSA) is 55.6 Å². The Morgan fingerprint density at radius 2 is 1.62 bits per heavy atom. The zero-order valence-corrected chi connectivity index (χ0v) is 17.5. The van der Waals surface area contributed by atoms with Crippen molar-refractivity contribution < 1.29 is 40.3 Å². The average molecular weight is 527 g/mol. The molecule has 2 fully saturated rings. The van der Waals surface area contributed by atoms with E-state index in [0.717, 1.165) is 4.90 Å². The molecule has 0 aromatic heterocycles. The molecule has 2 N–H and O–H groups in total. The number of rotatable bonds is 2. The maximum absolute atomic E-state index is 13.8. The zero-order chi connectivity index (χ0) is 23.6. The van der Waals surface area contributed by atoms with E-state index in [0.29, 0.717) is 22.2 Å². The predicted octanol–water partition coefficient (Wildman–Crippen LogP) is 6.31. The van der Waals surface area contributed by atoms with Gasteiger partial charge in [-0.2, -0.15) is 26.3 Å². The van der Waals surface area contributed by atoms with Crippen molar-refractivity contribution in [2.45, 2.75) is 43.0 Å². The summed E-state index contributed by atoms with van der Waals surface area (Å²) in [6, 6.07) is 3.98. The fraction of sp³-hybridized carbons (Fsp3) is 0.350. The fourth-order valence-electron chi connectivity index (χ4n) is 4.27. The predicted molar refractivity (Wildman–Crippen MR) is 101 cm³/mol. The van der Waals surface area contributed by atoms with E-state index < -0.39 is 58.8 Å². The highest BCUT2D eigenvalue weighted by atomic mass is 79.9. The highest BCUT2D eigenvalue weighted by Crippen LogP contribution is 2.53. The fourth-order valence-corrected chi connectivity index (χ4v) is 4.78. The van der Waals surface area contributed by atoms with Gasteiger partial charge in [0.05, 0.1) is 17.2 Å². The van der Waals surface area contributed by atoms with Gasteiger partial charge in [0.15, 0.2) is 6.10 Å². The molecule has 2 aliphatic rings. The molecule has 0 unspecified atom stereocenters. The monoisotopic (exact) mass is 526 g/mol. The number of hydrogen-bond donors (Lipinski definition) is 1. The van der Waals surface area contributed by atoms with E-state index in [1.165, 1.54) is 18.2 Å². The SMILES string of the molecule is N[C@@]12CC[C@@H](c3cc(F)ccc3Br)N1C(=O)O[C@@H]2c1cc(C(F)(F)F)cc(C(F)(F)F)c1. The Balaban J connectivity index is 1.79. The molecule has 2 aromatic rings. The van der Waals surface area contributed by atoms with Crippen molar-refractivity contribution in [3.8, 4) is 0 Å². The average Bonchev–Trinajstić information content (AvgIpc) is 3.16. The number of benzene rings is 2. The van der Waals surface area contributed by atoms with Crippen molar-refractivity contribution in [3.05, 3.63) is 68.9 Å². The van der Waals surface area contributed by atoms with Gasteiger partial charge in [-0.15, -0.1) is 0 Å². The molecule has 2 heterocycles. The largest absolute Gasteiger partial charge is 0.437 e. The summed E-state index contributed by atoms with van der Waals surface area (Å²) in [5, 5.41) is 0. The van der Waals surface area contributed by atoms with Gasteiger partial charge in [-0.1, -0.05) is 15.9 Å². The number of ether oxygens (including phenoxy) is 1. The van der Waals surface area contributed by atoms with Crippen LogP contribution in [-0.2, 0) is 17.1 Å². The lowest BCUT2D eigenvalue weighted by molar-refractivity contribution is -0.143. The summed E-state index contributed by atoms with van der Waals surface area (Å²) in [5.41, 5.74) is 1.41. The highest BCUT2D eigenvalue weighted by molar-refractivity contribution is 9.10. The molecule has 3 atom stereocenters. The van der Waals surface area contributed by atoms with E-state index >= 15 is 0 Å². The number of nitrogens with zero attached hydrogens (tertiary/aromatic N) is 1. The van der Waals surface area contributed by atoms with E-state index in [1.54, 1.807) is 0 Å². The minimum absolute atomic E-state index is 0.00855. The van der Waals surface area contributed by atoms with Gasteiger partial charge >= 0.3 is 18.4 Å². The molecule has 1 amide bonds. The minimum atomic E-state index is -5.06. The molecule has 2 aliphatic heterocycles. The molecule has 0 spiro atoms. The molecule has 0 saturated carbocycles. The second kappa shape index (κ2) is 7.34. The second-order valence-corrected chi connectivity index (χ2v) is 8.54. The molecule has 0 bridgehead atoms. The summed E-state index contributed by atoms with van der Waals surface area (Å²) in [6.45, 7) is 0. The molecule has 32 heavy (non-hydrogen) atoms. The third-order valence-electron chi connectivity index (χ3n) is 5.68. The Morgan fingerprint density at radius 3 is 2.19 bits per heavy atom. The van der Waals surface area contributed by atoms with Crippen LogP contribution in [0.3, 0.4) is 0 Å². The van der Waals surface area contributed by atoms with Crippen LogP contribution in [0.5, 0.6) is 0 Å². The van der Waals surface area contributed by atoms with Crippen molar-refractivity contribution in [1.82, 2.24) is 4.90 Å². The Labute approximate surface area is 185 Å². The first kappa shape index (κ1) is 22.8. The number of hydrogen-bond acceptors (Lipinski definition) is 3. The van der Waals surface area contributed by atoms with E-state index in [1.807, 2.05) is 0 Å². The van der Waals surface area contributed by atoms with Crippen LogP contribution in [0.15, 0.2) is 40.9 Å². The van der Waals surface area contributed by atoms with Gasteiger partial charge in [0.25, 0.3) is 0 Å². The van der Waals surface area contributed by atoms with Gasteiger partial charge in [-0.05, 0) is 60.4 Å². The molecule has 172 valence electrons. The normalized spacial score (nSPS) is 25.8. The molecule has 4 rings (SSSR count). The number of fused-ring (bicyclic) bond motifs is 1. The first-order valence-corrected chi connectivity index (χ1v) is 10.0. The van der Waals surface area contributed by atoms with E-state index in [2.05, 4.69) is 15.9 Å². The molecule has 0 aliphatic carbocycles. The van der Waals surface area contributed by atoms with Crippen molar-refractivity contribution in [2.24, 2.45) is 5.73 Å². The van der Waals surface area contributed by atoms with Crippen molar-refractivity contribution >= 4 is 22.0 Å². The number of halogens is 8. The molecule has 2 saturated heterocycles. The van der Waals surface area contributed by atoms with Crippen LogP contribution in [0.2, 0.25) is 0 Å². The summed E-state index contributed by atoms with van der Waals surface area (Å²) < 4.78 is 99.1. The Morgan fingerprint density at radius 1 is 1.03 bits per heavy atom. The van der Waals surface area contributed by atoms with Gasteiger partial charge in [-0.25, -0.2) is 9.18 Å².